The zero-order valence-corrected chi connectivity index (χ0v) is 18.1. The lowest BCUT2D eigenvalue weighted by molar-refractivity contribution is -0.991. The van der Waals surface area contributed by atoms with Crippen molar-refractivity contribution >= 4 is 23.2 Å². The third-order valence-electron chi connectivity index (χ3n) is 5.23. The average molecular weight is 453 g/mol. The van der Waals surface area contributed by atoms with Crippen LogP contribution in [0.4, 0.5) is 11.4 Å². The number of quaternary nitrogens is 1. The van der Waals surface area contributed by atoms with Gasteiger partial charge in [-0.2, -0.15) is 5.23 Å². The highest BCUT2D eigenvalue weighted by Gasteiger charge is 2.62. The van der Waals surface area contributed by atoms with E-state index in [2.05, 4.69) is 10.6 Å². The minimum atomic E-state index is -1.11. The van der Waals surface area contributed by atoms with Gasteiger partial charge < -0.3 is 39.5 Å². The smallest absolute Gasteiger partial charge is 0.252 e. The van der Waals surface area contributed by atoms with E-state index in [4.69, 9.17) is 28.9 Å². The van der Waals surface area contributed by atoms with Crippen LogP contribution in [0.15, 0.2) is 24.3 Å². The van der Waals surface area contributed by atoms with Crippen molar-refractivity contribution < 1.29 is 43.7 Å². The van der Waals surface area contributed by atoms with Crippen LogP contribution in [0.5, 0.6) is 0 Å². The lowest BCUT2D eigenvalue weighted by atomic mass is 9.98. The van der Waals surface area contributed by atoms with Gasteiger partial charge >= 0.3 is 0 Å². The zero-order chi connectivity index (χ0) is 23.3. The first-order valence-corrected chi connectivity index (χ1v) is 10.2. The Bertz CT molecular complexity index is 891. The number of anilines is 1. The fourth-order valence-electron chi connectivity index (χ4n) is 4.03. The van der Waals surface area contributed by atoms with Crippen LogP contribution in [0.1, 0.15) is 27.7 Å². The van der Waals surface area contributed by atoms with Crippen LogP contribution >= 0.6 is 0 Å². The van der Waals surface area contributed by atoms with Crippen molar-refractivity contribution in [3.63, 3.8) is 0 Å². The fraction of sp³-hybridized carbons (Fsp3) is 0.600. The molecule has 3 heterocycles. The maximum atomic E-state index is 12.9. The summed E-state index contributed by atoms with van der Waals surface area (Å²) < 4.78 is 29.4. The molecule has 1 unspecified atom stereocenters. The molecule has 0 aromatic heterocycles. The van der Waals surface area contributed by atoms with E-state index in [1.165, 1.54) is 18.2 Å². The number of hydrogen-bond donors (Lipinski definition) is 4. The van der Waals surface area contributed by atoms with Crippen LogP contribution in [-0.4, -0.2) is 65.8 Å². The number of hydrogen-bond acceptors (Lipinski definition) is 9. The number of ether oxygens (including phenoxy) is 5. The van der Waals surface area contributed by atoms with Gasteiger partial charge in [-0.1, -0.05) is 6.07 Å². The van der Waals surface area contributed by atoms with Crippen LogP contribution < -0.4 is 15.9 Å². The topological polar surface area (TPSA) is 152 Å². The Morgan fingerprint density at radius 1 is 1.06 bits per heavy atom. The molecule has 6 atom stereocenters. The normalized spacial score (nSPS) is 33.1. The average Bonchev–Trinajstić information content (AvgIpc) is 3.19. The summed E-state index contributed by atoms with van der Waals surface area (Å²) in [5.74, 6) is -2.96. The van der Waals surface area contributed by atoms with Gasteiger partial charge in [0.25, 0.3) is 5.91 Å². The van der Waals surface area contributed by atoms with Crippen molar-refractivity contribution in [2.75, 3.05) is 11.9 Å². The molecule has 0 radical (unpaired) electrons. The molecule has 1 aromatic rings. The van der Waals surface area contributed by atoms with Gasteiger partial charge in [-0.3, -0.25) is 9.59 Å². The summed E-state index contributed by atoms with van der Waals surface area (Å²) in [5, 5.41) is 24.1. The molecule has 3 aliphatic rings. The number of rotatable bonds is 5. The van der Waals surface area contributed by atoms with E-state index in [0.29, 0.717) is 5.69 Å². The molecule has 0 spiro atoms. The maximum absolute atomic E-state index is 12.9. The molecule has 3 saturated heterocycles. The second kappa shape index (κ2) is 8.32. The predicted molar refractivity (Wildman–Crippen MR) is 106 cm³/mol. The van der Waals surface area contributed by atoms with Gasteiger partial charge in [0.05, 0.1) is 6.54 Å². The van der Waals surface area contributed by atoms with Crippen molar-refractivity contribution in [3.8, 4) is 0 Å². The summed E-state index contributed by atoms with van der Waals surface area (Å²) in [4.78, 5) is 25.1. The second-order valence-corrected chi connectivity index (χ2v) is 8.74. The standard InChI is InChI=1S/C20H27N3O9/c1-19(2)29-13-14(30-19)16-18(32-20(3,4)31-16)28-15(13)17(25)21-9-12(24)22-10-6-5-7-11(8-10)23(26)27/h5-8,13-16,18,23,26H,9H2,1-4H3,(H,21,25)(H,22,24)/t13-,14-,15-,16-,18+/m1/s1. The third kappa shape index (κ3) is 4.77. The lowest BCUT2D eigenvalue weighted by Gasteiger charge is -2.36. The van der Waals surface area contributed by atoms with Crippen molar-refractivity contribution in [2.45, 2.75) is 70.0 Å². The molecule has 32 heavy (non-hydrogen) atoms. The first-order valence-electron chi connectivity index (χ1n) is 10.2. The Balaban J connectivity index is 1.39. The monoisotopic (exact) mass is 453 g/mol. The molecule has 176 valence electrons. The Morgan fingerprint density at radius 3 is 2.44 bits per heavy atom. The van der Waals surface area contributed by atoms with E-state index in [1.54, 1.807) is 33.8 Å². The Morgan fingerprint density at radius 2 is 1.72 bits per heavy atom. The number of carbonyl (C=O) groups is 2. The first kappa shape index (κ1) is 23.0. The van der Waals surface area contributed by atoms with Crippen LogP contribution in [0.2, 0.25) is 0 Å². The van der Waals surface area contributed by atoms with Gasteiger partial charge in [0.2, 0.25) is 5.91 Å². The van der Waals surface area contributed by atoms with Gasteiger partial charge in [-0.15, -0.1) is 0 Å². The van der Waals surface area contributed by atoms with Crippen LogP contribution in [0, 0.1) is 5.21 Å². The summed E-state index contributed by atoms with van der Waals surface area (Å²) in [6.07, 6.45) is -3.81. The third-order valence-corrected chi connectivity index (χ3v) is 5.23. The molecule has 3 aliphatic heterocycles. The Kier molecular flexibility index (Phi) is 5.98. The van der Waals surface area contributed by atoms with E-state index >= 15 is 0 Å². The second-order valence-electron chi connectivity index (χ2n) is 8.74. The predicted octanol–water partition coefficient (Wildman–Crippen LogP) is -0.459. The molecule has 1 aromatic carbocycles. The van der Waals surface area contributed by atoms with E-state index in [1.807, 2.05) is 0 Å². The number of amides is 2. The van der Waals surface area contributed by atoms with Crippen LogP contribution in [0.25, 0.3) is 0 Å². The molecular weight excluding hydrogens is 426 g/mol. The molecule has 3 fully saturated rings. The molecular formula is C20H27N3O9. The summed E-state index contributed by atoms with van der Waals surface area (Å²) >= 11 is 0. The molecule has 0 saturated carbocycles. The number of benzene rings is 1. The van der Waals surface area contributed by atoms with E-state index in [0.717, 1.165) is 0 Å². The molecule has 4 rings (SSSR count). The highest BCUT2D eigenvalue weighted by molar-refractivity contribution is 5.95. The summed E-state index contributed by atoms with van der Waals surface area (Å²) in [6, 6.07) is 5.79. The van der Waals surface area contributed by atoms with Gasteiger partial charge in [0.1, 0.15) is 18.3 Å². The summed E-state index contributed by atoms with van der Waals surface area (Å²) in [7, 11) is 0. The molecule has 0 bridgehead atoms. The molecule has 4 N–H and O–H groups in total. The fourth-order valence-corrected chi connectivity index (χ4v) is 4.03. The molecule has 2 amide bonds. The van der Waals surface area contributed by atoms with E-state index in [9.17, 15) is 14.8 Å². The first-order chi connectivity index (χ1) is 14.9. The van der Waals surface area contributed by atoms with Crippen molar-refractivity contribution in [2.24, 2.45) is 0 Å². The van der Waals surface area contributed by atoms with Crippen molar-refractivity contribution in [1.82, 2.24) is 5.32 Å². The van der Waals surface area contributed by atoms with Gasteiger partial charge in [-0.25, -0.2) is 5.21 Å². The molecule has 12 heteroatoms. The highest BCUT2D eigenvalue weighted by atomic mass is 16.9. The lowest BCUT2D eigenvalue weighted by Crippen LogP contribution is -2.99. The highest BCUT2D eigenvalue weighted by Crippen LogP contribution is 2.44. The van der Waals surface area contributed by atoms with Gasteiger partial charge in [0.15, 0.2) is 29.7 Å². The quantitative estimate of drug-likeness (QED) is 0.434. The van der Waals surface area contributed by atoms with Crippen LogP contribution in [0.3, 0.4) is 0 Å². The Hall–Kier alpha value is -2.16. The summed E-state index contributed by atoms with van der Waals surface area (Å²) in [6.45, 7) is 6.59. The van der Waals surface area contributed by atoms with Crippen molar-refractivity contribution in [3.05, 3.63) is 29.5 Å². The van der Waals surface area contributed by atoms with E-state index < -0.39 is 59.3 Å². The Labute approximate surface area is 184 Å². The van der Waals surface area contributed by atoms with Crippen LogP contribution in [-0.2, 0) is 33.3 Å². The number of nitrogens with one attached hydrogen (secondary N) is 3. The van der Waals surface area contributed by atoms with Gasteiger partial charge in [0, 0.05) is 17.8 Å². The molecule has 0 aliphatic carbocycles. The molecule has 12 nitrogen and oxygen atoms in total. The number of fused-ring (bicyclic) bond motifs is 3. The number of carbonyl (C=O) groups excluding carboxylic acids is 2. The zero-order valence-electron chi connectivity index (χ0n) is 18.1. The van der Waals surface area contributed by atoms with E-state index in [-0.39, 0.29) is 12.2 Å². The SMILES string of the molecule is CC1(C)O[C@@H]2[C@@H](O1)[C@H](C(=O)NCC(=O)Nc1cccc([NH+]([O-])O)c1)O[C@H]1OC(C)(C)O[C@@H]12. The largest absolute Gasteiger partial charge is 0.595 e. The maximum Gasteiger partial charge on any atom is 0.252 e. The van der Waals surface area contributed by atoms with Crippen molar-refractivity contribution in [1.29, 1.82) is 0 Å². The minimum Gasteiger partial charge on any atom is -0.595 e. The minimum absolute atomic E-state index is 0.0331. The summed E-state index contributed by atoms with van der Waals surface area (Å²) in [5.41, 5.74) is 0.333. The van der Waals surface area contributed by atoms with Gasteiger partial charge in [-0.05, 0) is 33.8 Å².